The molecule has 2 N–H and O–H groups in total. The number of hydrogen-bond acceptors (Lipinski definition) is 3. The molecular weight excluding hydrogens is 264 g/mol. The van der Waals surface area contributed by atoms with Gasteiger partial charge in [0.15, 0.2) is 0 Å². The molecule has 19 heavy (non-hydrogen) atoms. The Hall–Kier alpha value is -1.26. The van der Waals surface area contributed by atoms with Crippen LogP contribution in [0.4, 0.5) is 0 Å². The first-order chi connectivity index (χ1) is 9.04. The molecule has 0 spiro atoms. The van der Waals surface area contributed by atoms with Crippen LogP contribution < -0.4 is 5.32 Å². The lowest BCUT2D eigenvalue weighted by Crippen LogP contribution is -2.43. The Kier molecular flexibility index (Phi) is 4.66. The number of phenolic OH excluding ortho intramolecular Hbond substituents is 1. The van der Waals surface area contributed by atoms with Crippen LogP contribution in [0.25, 0.3) is 0 Å². The van der Waals surface area contributed by atoms with E-state index < -0.39 is 0 Å². The lowest BCUT2D eigenvalue weighted by Gasteiger charge is -2.32. The number of likely N-dealkylation sites (tertiary alicyclic amines) is 1. The number of hydrogen-bond donors (Lipinski definition) is 2. The van der Waals surface area contributed by atoms with Crippen LogP contribution in [0.15, 0.2) is 18.2 Å². The van der Waals surface area contributed by atoms with Crippen LogP contribution in [0.5, 0.6) is 5.75 Å². The zero-order valence-corrected chi connectivity index (χ0v) is 11.8. The van der Waals surface area contributed by atoms with Crippen molar-refractivity contribution in [2.45, 2.75) is 32.4 Å². The molecule has 0 saturated carbocycles. The minimum Gasteiger partial charge on any atom is -0.508 e. The fraction of sp³-hybridized carbons (Fsp3) is 0.500. The second-order valence-corrected chi connectivity index (χ2v) is 5.46. The van der Waals surface area contributed by atoms with E-state index in [1.54, 1.807) is 25.1 Å². The highest BCUT2D eigenvalue weighted by Crippen LogP contribution is 2.24. The topological polar surface area (TPSA) is 52.6 Å². The fourth-order valence-corrected chi connectivity index (χ4v) is 2.64. The zero-order chi connectivity index (χ0) is 13.8. The molecule has 1 aliphatic rings. The van der Waals surface area contributed by atoms with Crippen LogP contribution in [0.2, 0.25) is 5.02 Å². The third kappa shape index (κ3) is 4.11. The first-order valence-corrected chi connectivity index (χ1v) is 6.89. The van der Waals surface area contributed by atoms with E-state index in [4.69, 9.17) is 11.6 Å². The molecule has 2 rings (SSSR count). The van der Waals surface area contributed by atoms with E-state index in [2.05, 4.69) is 10.2 Å². The molecule has 1 amide bonds. The smallest absolute Gasteiger partial charge is 0.217 e. The summed E-state index contributed by atoms with van der Waals surface area (Å²) in [6.07, 6.45) is 1.89. The first kappa shape index (κ1) is 14.2. The van der Waals surface area contributed by atoms with Crippen molar-refractivity contribution in [1.29, 1.82) is 0 Å². The highest BCUT2D eigenvalue weighted by molar-refractivity contribution is 6.30. The van der Waals surface area contributed by atoms with Crippen molar-refractivity contribution in [2.24, 2.45) is 0 Å². The maximum Gasteiger partial charge on any atom is 0.217 e. The highest BCUT2D eigenvalue weighted by atomic mass is 35.5. The van der Waals surface area contributed by atoms with Crippen LogP contribution in [-0.4, -0.2) is 35.0 Å². The minimum absolute atomic E-state index is 0.0333. The number of benzene rings is 1. The molecule has 4 nitrogen and oxygen atoms in total. The van der Waals surface area contributed by atoms with Gasteiger partial charge in [0.1, 0.15) is 5.75 Å². The summed E-state index contributed by atoms with van der Waals surface area (Å²) in [6.45, 7) is 4.07. The molecule has 1 saturated heterocycles. The molecule has 1 heterocycles. The number of nitrogens with zero attached hydrogens (tertiary/aromatic N) is 1. The van der Waals surface area contributed by atoms with E-state index in [0.717, 1.165) is 31.5 Å². The van der Waals surface area contributed by atoms with Gasteiger partial charge in [-0.25, -0.2) is 0 Å². The van der Waals surface area contributed by atoms with E-state index in [9.17, 15) is 9.90 Å². The first-order valence-electron chi connectivity index (χ1n) is 6.51. The Labute approximate surface area is 118 Å². The number of halogens is 1. The largest absolute Gasteiger partial charge is 0.508 e. The number of aromatic hydroxyl groups is 1. The Morgan fingerprint density at radius 3 is 2.79 bits per heavy atom. The van der Waals surface area contributed by atoms with Crippen LogP contribution in [0, 0.1) is 0 Å². The number of piperidine rings is 1. The molecule has 0 radical (unpaired) electrons. The number of carbonyl (C=O) groups is 1. The minimum atomic E-state index is 0.0333. The highest BCUT2D eigenvalue weighted by Gasteiger charge is 2.20. The monoisotopic (exact) mass is 282 g/mol. The number of carbonyl (C=O) groups excluding carboxylic acids is 1. The van der Waals surface area contributed by atoms with E-state index in [-0.39, 0.29) is 17.7 Å². The van der Waals surface area contributed by atoms with Crippen LogP contribution >= 0.6 is 11.6 Å². The van der Waals surface area contributed by atoms with Crippen molar-refractivity contribution >= 4 is 17.5 Å². The lowest BCUT2D eigenvalue weighted by atomic mass is 10.0. The van der Waals surface area contributed by atoms with Gasteiger partial charge in [-0.15, -0.1) is 0 Å². The van der Waals surface area contributed by atoms with Gasteiger partial charge >= 0.3 is 0 Å². The normalized spacial score (nSPS) is 17.4. The molecular formula is C14H19ClN2O2. The third-order valence-electron chi connectivity index (χ3n) is 3.43. The second-order valence-electron chi connectivity index (χ2n) is 5.02. The molecule has 0 aliphatic carbocycles. The quantitative estimate of drug-likeness (QED) is 0.893. The summed E-state index contributed by atoms with van der Waals surface area (Å²) in [5.41, 5.74) is 0.852. The molecule has 0 unspecified atom stereocenters. The maximum atomic E-state index is 11.0. The number of rotatable bonds is 3. The van der Waals surface area contributed by atoms with Gasteiger partial charge in [0.05, 0.1) is 0 Å². The molecule has 1 aliphatic heterocycles. The van der Waals surface area contributed by atoms with Gasteiger partial charge in [0.2, 0.25) is 5.91 Å². The van der Waals surface area contributed by atoms with Crippen LogP contribution in [-0.2, 0) is 11.3 Å². The van der Waals surface area contributed by atoms with Gasteiger partial charge in [-0.1, -0.05) is 11.6 Å². The van der Waals surface area contributed by atoms with E-state index in [0.29, 0.717) is 11.6 Å². The van der Waals surface area contributed by atoms with Gasteiger partial charge in [-0.3, -0.25) is 9.69 Å². The van der Waals surface area contributed by atoms with Crippen LogP contribution in [0.3, 0.4) is 0 Å². The Bertz CT molecular complexity index is 457. The second kappa shape index (κ2) is 6.26. The Morgan fingerprint density at radius 2 is 2.16 bits per heavy atom. The number of amides is 1. The molecule has 1 fully saturated rings. The predicted octanol–water partition coefficient (Wildman–Crippen LogP) is 2.15. The van der Waals surface area contributed by atoms with Gasteiger partial charge in [0, 0.05) is 43.2 Å². The molecule has 104 valence electrons. The SMILES string of the molecule is CC(=O)NC1CCN(Cc2cc(Cl)ccc2O)CC1. The zero-order valence-electron chi connectivity index (χ0n) is 11.0. The number of phenols is 1. The Morgan fingerprint density at radius 1 is 1.47 bits per heavy atom. The van der Waals surface area contributed by atoms with Crippen molar-refractivity contribution < 1.29 is 9.90 Å². The van der Waals surface area contributed by atoms with E-state index in [1.807, 2.05) is 0 Å². The third-order valence-corrected chi connectivity index (χ3v) is 3.67. The van der Waals surface area contributed by atoms with Crippen molar-refractivity contribution in [1.82, 2.24) is 10.2 Å². The van der Waals surface area contributed by atoms with E-state index in [1.165, 1.54) is 0 Å². The van der Waals surface area contributed by atoms with Gasteiger partial charge in [-0.2, -0.15) is 0 Å². The van der Waals surface area contributed by atoms with Gasteiger partial charge < -0.3 is 10.4 Å². The summed E-state index contributed by atoms with van der Waals surface area (Å²) in [4.78, 5) is 13.3. The molecule has 0 bridgehead atoms. The molecule has 0 atom stereocenters. The fourth-order valence-electron chi connectivity index (χ4n) is 2.44. The summed E-state index contributed by atoms with van der Waals surface area (Å²) in [6, 6.07) is 5.39. The summed E-state index contributed by atoms with van der Waals surface area (Å²) in [5.74, 6) is 0.319. The standard InChI is InChI=1S/C14H19ClN2O2/c1-10(18)16-13-4-6-17(7-5-13)9-11-8-12(15)2-3-14(11)19/h2-3,8,13,19H,4-7,9H2,1H3,(H,16,18). The summed E-state index contributed by atoms with van der Waals surface area (Å²) in [5, 5.41) is 13.4. The van der Waals surface area contributed by atoms with Crippen molar-refractivity contribution in [3.63, 3.8) is 0 Å². The van der Waals surface area contributed by atoms with Crippen molar-refractivity contribution in [2.75, 3.05) is 13.1 Å². The van der Waals surface area contributed by atoms with Crippen molar-refractivity contribution in [3.8, 4) is 5.75 Å². The predicted molar refractivity (Wildman–Crippen MR) is 75.2 cm³/mol. The summed E-state index contributed by atoms with van der Waals surface area (Å²) < 4.78 is 0. The lowest BCUT2D eigenvalue weighted by molar-refractivity contribution is -0.119. The summed E-state index contributed by atoms with van der Waals surface area (Å²) >= 11 is 5.94. The average Bonchev–Trinajstić information content (AvgIpc) is 2.35. The van der Waals surface area contributed by atoms with E-state index >= 15 is 0 Å². The molecule has 1 aromatic carbocycles. The molecule has 1 aromatic rings. The Balaban J connectivity index is 1.88. The van der Waals surface area contributed by atoms with Gasteiger partial charge in [-0.05, 0) is 31.0 Å². The molecule has 0 aromatic heterocycles. The summed E-state index contributed by atoms with van der Waals surface area (Å²) in [7, 11) is 0. The maximum absolute atomic E-state index is 11.0. The van der Waals surface area contributed by atoms with Gasteiger partial charge in [0.25, 0.3) is 0 Å². The average molecular weight is 283 g/mol. The van der Waals surface area contributed by atoms with Crippen LogP contribution in [0.1, 0.15) is 25.3 Å². The van der Waals surface area contributed by atoms with Crippen molar-refractivity contribution in [3.05, 3.63) is 28.8 Å². The molecule has 5 heteroatoms. The number of nitrogens with one attached hydrogen (secondary N) is 1.